The molecule has 1 aromatic carbocycles. The summed E-state index contributed by atoms with van der Waals surface area (Å²) in [5.41, 5.74) is 3.67. The lowest BCUT2D eigenvalue weighted by Crippen LogP contribution is -2.24. The zero-order valence-electron chi connectivity index (χ0n) is 9.17. The van der Waals surface area contributed by atoms with Crippen LogP contribution in [0.5, 0.6) is 0 Å². The van der Waals surface area contributed by atoms with Crippen LogP contribution in [0.2, 0.25) is 0 Å². The maximum Gasteiger partial charge on any atom is 0.0626 e. The van der Waals surface area contributed by atoms with Gasteiger partial charge in [-0.05, 0) is 31.5 Å². The van der Waals surface area contributed by atoms with Gasteiger partial charge in [0.25, 0.3) is 0 Å². The fourth-order valence-electron chi connectivity index (χ4n) is 1.65. The summed E-state index contributed by atoms with van der Waals surface area (Å²) in [6.45, 7) is 7.22. The van der Waals surface area contributed by atoms with E-state index in [1.807, 2.05) is 6.92 Å². The van der Waals surface area contributed by atoms with Gasteiger partial charge in [0.1, 0.15) is 0 Å². The smallest absolute Gasteiger partial charge is 0.0626 e. The fourth-order valence-corrected chi connectivity index (χ4v) is 1.65. The van der Waals surface area contributed by atoms with Crippen molar-refractivity contribution in [3.63, 3.8) is 0 Å². The summed E-state index contributed by atoms with van der Waals surface area (Å²) in [5.74, 6) is 0. The average molecular weight is 193 g/mol. The van der Waals surface area contributed by atoms with E-state index in [-0.39, 0.29) is 12.6 Å². The first-order chi connectivity index (χ1) is 6.69. The third-order valence-electron chi connectivity index (χ3n) is 2.44. The lowest BCUT2D eigenvalue weighted by Gasteiger charge is -2.18. The Bertz CT molecular complexity index is 296. The summed E-state index contributed by atoms with van der Waals surface area (Å²) in [4.78, 5) is 0. The highest BCUT2D eigenvalue weighted by molar-refractivity contribution is 5.33. The molecule has 1 aromatic rings. The molecule has 0 aliphatic rings. The molecule has 0 saturated carbocycles. The lowest BCUT2D eigenvalue weighted by molar-refractivity contribution is 0.246. The van der Waals surface area contributed by atoms with Gasteiger partial charge in [-0.15, -0.1) is 0 Å². The molecule has 0 bridgehead atoms. The zero-order chi connectivity index (χ0) is 10.6. The van der Waals surface area contributed by atoms with E-state index in [0.29, 0.717) is 0 Å². The van der Waals surface area contributed by atoms with Gasteiger partial charge < -0.3 is 10.4 Å². The van der Waals surface area contributed by atoms with Crippen molar-refractivity contribution in [1.29, 1.82) is 0 Å². The van der Waals surface area contributed by atoms with Crippen LogP contribution >= 0.6 is 0 Å². The average Bonchev–Trinajstić information content (AvgIpc) is 2.18. The van der Waals surface area contributed by atoms with Gasteiger partial charge in [-0.3, -0.25) is 0 Å². The Kier molecular flexibility index (Phi) is 4.11. The van der Waals surface area contributed by atoms with E-state index in [1.165, 1.54) is 16.7 Å². The molecule has 0 aliphatic carbocycles. The minimum atomic E-state index is 0.0694. The lowest BCUT2D eigenvalue weighted by atomic mass is 9.99. The summed E-state index contributed by atoms with van der Waals surface area (Å²) in [6.07, 6.45) is 0. The largest absolute Gasteiger partial charge is 0.394 e. The topological polar surface area (TPSA) is 32.3 Å². The Balaban J connectivity index is 2.96. The van der Waals surface area contributed by atoms with Crippen LogP contribution in [0.4, 0.5) is 0 Å². The highest BCUT2D eigenvalue weighted by atomic mass is 16.3. The predicted octanol–water partition coefficient (Wildman–Crippen LogP) is 1.95. The number of aryl methyl sites for hydroxylation is 2. The molecular formula is C12H19NO. The standard InChI is InChI=1S/C12H19NO/c1-4-13-12(8-14)11-7-9(2)5-6-10(11)3/h5-7,12-14H,4,8H2,1-3H3. The molecule has 0 aliphatic heterocycles. The second kappa shape index (κ2) is 5.13. The fraction of sp³-hybridized carbons (Fsp3) is 0.500. The molecule has 1 unspecified atom stereocenters. The van der Waals surface area contributed by atoms with E-state index in [4.69, 9.17) is 0 Å². The molecule has 2 heteroatoms. The van der Waals surface area contributed by atoms with Crippen LogP contribution in [-0.4, -0.2) is 18.3 Å². The van der Waals surface area contributed by atoms with E-state index < -0.39 is 0 Å². The monoisotopic (exact) mass is 193 g/mol. The maximum absolute atomic E-state index is 9.26. The van der Waals surface area contributed by atoms with E-state index in [0.717, 1.165) is 6.54 Å². The van der Waals surface area contributed by atoms with Crippen LogP contribution in [0.3, 0.4) is 0 Å². The molecule has 0 fully saturated rings. The molecule has 0 saturated heterocycles. The molecule has 78 valence electrons. The molecule has 0 radical (unpaired) electrons. The van der Waals surface area contributed by atoms with Gasteiger partial charge in [0, 0.05) is 0 Å². The van der Waals surface area contributed by atoms with Crippen molar-refractivity contribution < 1.29 is 5.11 Å². The summed E-state index contributed by atoms with van der Waals surface area (Å²) in [5, 5.41) is 12.5. The van der Waals surface area contributed by atoms with Crippen LogP contribution in [0.15, 0.2) is 18.2 Å². The molecule has 0 spiro atoms. The Morgan fingerprint density at radius 3 is 2.64 bits per heavy atom. The van der Waals surface area contributed by atoms with Crippen LogP contribution in [0.25, 0.3) is 0 Å². The number of hydrogen-bond donors (Lipinski definition) is 2. The molecule has 2 nitrogen and oxygen atoms in total. The van der Waals surface area contributed by atoms with Crippen molar-refractivity contribution in [2.75, 3.05) is 13.2 Å². The summed E-state index contributed by atoms with van der Waals surface area (Å²) in [6, 6.07) is 6.41. The second-order valence-corrected chi connectivity index (χ2v) is 3.65. The first-order valence-corrected chi connectivity index (χ1v) is 5.10. The summed E-state index contributed by atoms with van der Waals surface area (Å²) >= 11 is 0. The SMILES string of the molecule is CCNC(CO)c1cc(C)ccc1C. The van der Waals surface area contributed by atoms with Crippen LogP contribution in [0.1, 0.15) is 29.7 Å². The molecule has 14 heavy (non-hydrogen) atoms. The van der Waals surface area contributed by atoms with E-state index in [9.17, 15) is 5.11 Å². The van der Waals surface area contributed by atoms with E-state index in [1.54, 1.807) is 0 Å². The summed E-state index contributed by atoms with van der Waals surface area (Å²) in [7, 11) is 0. The third kappa shape index (κ3) is 2.56. The number of aliphatic hydroxyl groups excluding tert-OH is 1. The Hall–Kier alpha value is -0.860. The molecule has 0 aromatic heterocycles. The number of likely N-dealkylation sites (N-methyl/N-ethyl adjacent to an activating group) is 1. The Morgan fingerprint density at radius 1 is 1.36 bits per heavy atom. The van der Waals surface area contributed by atoms with Crippen molar-refractivity contribution >= 4 is 0 Å². The molecule has 0 heterocycles. The highest BCUT2D eigenvalue weighted by Crippen LogP contribution is 2.18. The van der Waals surface area contributed by atoms with Gasteiger partial charge in [-0.25, -0.2) is 0 Å². The quantitative estimate of drug-likeness (QED) is 0.766. The van der Waals surface area contributed by atoms with Crippen molar-refractivity contribution in [2.45, 2.75) is 26.8 Å². The number of benzene rings is 1. The Morgan fingerprint density at radius 2 is 2.07 bits per heavy atom. The number of hydrogen-bond acceptors (Lipinski definition) is 2. The molecule has 1 rings (SSSR count). The van der Waals surface area contributed by atoms with Gasteiger partial charge in [-0.2, -0.15) is 0 Å². The molecule has 0 amide bonds. The first kappa shape index (κ1) is 11.2. The Labute approximate surface area is 86.0 Å². The maximum atomic E-state index is 9.26. The first-order valence-electron chi connectivity index (χ1n) is 5.10. The molecular weight excluding hydrogens is 174 g/mol. The van der Waals surface area contributed by atoms with Crippen LogP contribution in [0, 0.1) is 13.8 Å². The minimum Gasteiger partial charge on any atom is -0.394 e. The van der Waals surface area contributed by atoms with E-state index in [2.05, 4.69) is 37.4 Å². The van der Waals surface area contributed by atoms with Crippen molar-refractivity contribution in [2.24, 2.45) is 0 Å². The van der Waals surface area contributed by atoms with Crippen LogP contribution < -0.4 is 5.32 Å². The van der Waals surface area contributed by atoms with Gasteiger partial charge in [0.05, 0.1) is 12.6 Å². The van der Waals surface area contributed by atoms with Crippen molar-refractivity contribution in [1.82, 2.24) is 5.32 Å². The highest BCUT2D eigenvalue weighted by Gasteiger charge is 2.10. The van der Waals surface area contributed by atoms with Gasteiger partial charge in [-0.1, -0.05) is 30.7 Å². The third-order valence-corrected chi connectivity index (χ3v) is 2.44. The normalized spacial score (nSPS) is 12.9. The summed E-state index contributed by atoms with van der Waals surface area (Å²) < 4.78 is 0. The van der Waals surface area contributed by atoms with Crippen molar-refractivity contribution in [3.8, 4) is 0 Å². The minimum absolute atomic E-state index is 0.0694. The van der Waals surface area contributed by atoms with Gasteiger partial charge in [0.2, 0.25) is 0 Å². The van der Waals surface area contributed by atoms with Gasteiger partial charge in [0.15, 0.2) is 0 Å². The predicted molar refractivity (Wildman–Crippen MR) is 59.4 cm³/mol. The number of rotatable bonds is 4. The molecule has 2 N–H and O–H groups in total. The van der Waals surface area contributed by atoms with Crippen molar-refractivity contribution in [3.05, 3.63) is 34.9 Å². The number of aliphatic hydroxyl groups is 1. The molecule has 1 atom stereocenters. The second-order valence-electron chi connectivity index (χ2n) is 3.65. The van der Waals surface area contributed by atoms with Crippen LogP contribution in [-0.2, 0) is 0 Å². The van der Waals surface area contributed by atoms with E-state index >= 15 is 0 Å². The number of nitrogens with one attached hydrogen (secondary N) is 1. The zero-order valence-corrected chi connectivity index (χ0v) is 9.17. The van der Waals surface area contributed by atoms with Gasteiger partial charge >= 0.3 is 0 Å².